The van der Waals surface area contributed by atoms with Gasteiger partial charge in [-0.1, -0.05) is 30.3 Å². The van der Waals surface area contributed by atoms with Crippen molar-refractivity contribution < 1.29 is 13.2 Å². The van der Waals surface area contributed by atoms with Crippen molar-refractivity contribution in [2.45, 2.75) is 13.0 Å². The summed E-state index contributed by atoms with van der Waals surface area (Å²) in [5, 5.41) is 0. The van der Waals surface area contributed by atoms with Crippen molar-refractivity contribution in [3.8, 4) is 0 Å². The molecular weight excluding hydrogens is 276 g/mol. The molecule has 1 aromatic rings. The van der Waals surface area contributed by atoms with Crippen LogP contribution in [-0.2, 0) is 14.8 Å². The molecule has 2 rings (SSSR count). The van der Waals surface area contributed by atoms with Crippen LogP contribution in [-0.4, -0.2) is 51.9 Å². The second-order valence-electron chi connectivity index (χ2n) is 4.83. The minimum absolute atomic E-state index is 0.0569. The van der Waals surface area contributed by atoms with Gasteiger partial charge in [0, 0.05) is 25.7 Å². The smallest absolute Gasteiger partial charge is 0.211 e. The average molecular weight is 298 g/mol. The molecule has 1 aliphatic heterocycles. The van der Waals surface area contributed by atoms with Gasteiger partial charge in [0.05, 0.1) is 19.0 Å². The zero-order chi connectivity index (χ0) is 14.4. The number of nitrogens with zero attached hydrogens (tertiary/aromatic N) is 1. The first-order valence-electron chi connectivity index (χ1n) is 6.96. The maximum atomic E-state index is 11.7. The quantitative estimate of drug-likeness (QED) is 0.851. The minimum atomic E-state index is -3.17. The van der Waals surface area contributed by atoms with E-state index in [1.165, 1.54) is 0 Å². The van der Waals surface area contributed by atoms with Gasteiger partial charge in [0.1, 0.15) is 0 Å². The molecule has 5 nitrogen and oxygen atoms in total. The molecule has 1 N–H and O–H groups in total. The van der Waals surface area contributed by atoms with Crippen LogP contribution in [0, 0.1) is 0 Å². The molecule has 1 aliphatic rings. The number of morpholine rings is 1. The first-order valence-corrected chi connectivity index (χ1v) is 8.61. The van der Waals surface area contributed by atoms with Crippen molar-refractivity contribution in [1.82, 2.24) is 9.62 Å². The van der Waals surface area contributed by atoms with Gasteiger partial charge in [0.15, 0.2) is 0 Å². The van der Waals surface area contributed by atoms with Gasteiger partial charge < -0.3 is 4.74 Å². The Kier molecular flexibility index (Phi) is 5.54. The highest BCUT2D eigenvalue weighted by Crippen LogP contribution is 2.21. The van der Waals surface area contributed by atoms with Crippen LogP contribution in [0.2, 0.25) is 0 Å². The predicted octanol–water partition coefficient (Wildman–Crippen LogP) is 0.999. The lowest BCUT2D eigenvalue weighted by atomic mass is 10.1. The maximum Gasteiger partial charge on any atom is 0.211 e. The Labute approximate surface area is 121 Å². The van der Waals surface area contributed by atoms with Gasteiger partial charge in [0.25, 0.3) is 0 Å². The fourth-order valence-electron chi connectivity index (χ4n) is 2.33. The lowest BCUT2D eigenvalue weighted by molar-refractivity contribution is 0.0172. The monoisotopic (exact) mass is 298 g/mol. The van der Waals surface area contributed by atoms with Crippen LogP contribution in [0.25, 0.3) is 0 Å². The molecule has 1 fully saturated rings. The standard InChI is InChI=1S/C14H22N2O3S/c1-2-20(17,18)15-12-14(13-6-4-3-5-7-13)16-8-10-19-11-9-16/h3-7,14-15H,2,8-12H2,1H3/t14-/m1/s1. The molecule has 0 unspecified atom stereocenters. The lowest BCUT2D eigenvalue weighted by Gasteiger charge is -2.34. The highest BCUT2D eigenvalue weighted by molar-refractivity contribution is 7.89. The van der Waals surface area contributed by atoms with Crippen molar-refractivity contribution in [2.75, 3.05) is 38.6 Å². The van der Waals surface area contributed by atoms with E-state index in [0.717, 1.165) is 18.7 Å². The Bertz CT molecular complexity index is 498. The summed E-state index contributed by atoms with van der Waals surface area (Å²) in [6.07, 6.45) is 0. The maximum absolute atomic E-state index is 11.7. The zero-order valence-electron chi connectivity index (χ0n) is 11.8. The molecule has 20 heavy (non-hydrogen) atoms. The molecule has 1 aromatic carbocycles. The number of benzene rings is 1. The van der Waals surface area contributed by atoms with Crippen LogP contribution in [0.15, 0.2) is 30.3 Å². The highest BCUT2D eigenvalue weighted by Gasteiger charge is 2.23. The summed E-state index contributed by atoms with van der Waals surface area (Å²) in [6.45, 7) is 5.10. The van der Waals surface area contributed by atoms with Gasteiger partial charge in [-0.05, 0) is 12.5 Å². The average Bonchev–Trinajstić information content (AvgIpc) is 2.49. The Balaban J connectivity index is 2.11. The van der Waals surface area contributed by atoms with Crippen LogP contribution in [0.1, 0.15) is 18.5 Å². The Morgan fingerprint density at radius 1 is 1.25 bits per heavy atom. The minimum Gasteiger partial charge on any atom is -0.379 e. The van der Waals surface area contributed by atoms with Crippen molar-refractivity contribution in [3.63, 3.8) is 0 Å². The molecule has 1 heterocycles. The molecule has 112 valence electrons. The molecule has 0 radical (unpaired) electrons. The second kappa shape index (κ2) is 7.17. The van der Waals surface area contributed by atoms with E-state index in [2.05, 4.69) is 9.62 Å². The number of ether oxygens (including phenoxy) is 1. The third-order valence-electron chi connectivity index (χ3n) is 3.55. The van der Waals surface area contributed by atoms with E-state index in [1.54, 1.807) is 6.92 Å². The lowest BCUT2D eigenvalue weighted by Crippen LogP contribution is -2.44. The summed E-state index contributed by atoms with van der Waals surface area (Å²) in [4.78, 5) is 2.27. The topological polar surface area (TPSA) is 58.6 Å². The summed E-state index contributed by atoms with van der Waals surface area (Å²) in [7, 11) is -3.17. The highest BCUT2D eigenvalue weighted by atomic mass is 32.2. The summed E-state index contributed by atoms with van der Waals surface area (Å²) in [6, 6.07) is 10.1. The van der Waals surface area contributed by atoms with Gasteiger partial charge in [0.2, 0.25) is 10.0 Å². The van der Waals surface area contributed by atoms with Gasteiger partial charge in [-0.3, -0.25) is 4.90 Å². The van der Waals surface area contributed by atoms with Gasteiger partial charge in [-0.2, -0.15) is 0 Å². The molecule has 0 bridgehead atoms. The van der Waals surface area contributed by atoms with Crippen molar-refractivity contribution >= 4 is 10.0 Å². The first-order chi connectivity index (χ1) is 9.62. The number of hydrogen-bond acceptors (Lipinski definition) is 4. The van der Waals surface area contributed by atoms with Gasteiger partial charge in [-0.25, -0.2) is 13.1 Å². The van der Waals surface area contributed by atoms with E-state index in [1.807, 2.05) is 30.3 Å². The largest absolute Gasteiger partial charge is 0.379 e. The number of rotatable bonds is 6. The molecule has 0 aliphatic carbocycles. The van der Waals surface area contributed by atoms with Crippen molar-refractivity contribution in [1.29, 1.82) is 0 Å². The molecule has 0 saturated carbocycles. The SMILES string of the molecule is CCS(=O)(=O)NC[C@H](c1ccccc1)N1CCOCC1. The summed E-state index contributed by atoms with van der Waals surface area (Å²) >= 11 is 0. The second-order valence-corrected chi connectivity index (χ2v) is 6.92. The van der Waals surface area contributed by atoms with Crippen molar-refractivity contribution in [3.05, 3.63) is 35.9 Å². The predicted molar refractivity (Wildman–Crippen MR) is 79.0 cm³/mol. The fourth-order valence-corrected chi connectivity index (χ4v) is 2.95. The van der Waals surface area contributed by atoms with E-state index < -0.39 is 10.0 Å². The van der Waals surface area contributed by atoms with Crippen LogP contribution in [0.4, 0.5) is 0 Å². The molecular formula is C14H22N2O3S. The molecule has 1 saturated heterocycles. The molecule has 0 spiro atoms. The number of sulfonamides is 1. The molecule has 0 aromatic heterocycles. The van der Waals surface area contributed by atoms with E-state index in [0.29, 0.717) is 19.8 Å². The van der Waals surface area contributed by atoms with Crippen molar-refractivity contribution in [2.24, 2.45) is 0 Å². The van der Waals surface area contributed by atoms with E-state index in [-0.39, 0.29) is 11.8 Å². The molecule has 6 heteroatoms. The van der Waals surface area contributed by atoms with Crippen LogP contribution < -0.4 is 4.72 Å². The van der Waals surface area contributed by atoms with Gasteiger partial charge in [-0.15, -0.1) is 0 Å². The summed E-state index contributed by atoms with van der Waals surface area (Å²) in [5.74, 6) is 0.109. The molecule has 1 atom stereocenters. The summed E-state index contributed by atoms with van der Waals surface area (Å²) in [5.41, 5.74) is 1.13. The Hall–Kier alpha value is -0.950. The number of nitrogens with one attached hydrogen (secondary N) is 1. The van der Waals surface area contributed by atoms with Gasteiger partial charge >= 0.3 is 0 Å². The molecule has 0 amide bonds. The van der Waals surface area contributed by atoms with Crippen LogP contribution >= 0.6 is 0 Å². The van der Waals surface area contributed by atoms with Crippen LogP contribution in [0.3, 0.4) is 0 Å². The van der Waals surface area contributed by atoms with E-state index >= 15 is 0 Å². The normalized spacial score (nSPS) is 18.9. The third-order valence-corrected chi connectivity index (χ3v) is 4.91. The van der Waals surface area contributed by atoms with E-state index in [9.17, 15) is 8.42 Å². The Morgan fingerprint density at radius 3 is 2.50 bits per heavy atom. The van der Waals surface area contributed by atoms with Crippen LogP contribution in [0.5, 0.6) is 0 Å². The fraction of sp³-hybridized carbons (Fsp3) is 0.571. The van der Waals surface area contributed by atoms with E-state index in [4.69, 9.17) is 4.74 Å². The number of hydrogen-bond donors (Lipinski definition) is 1. The third kappa shape index (κ3) is 4.28. The Morgan fingerprint density at radius 2 is 1.90 bits per heavy atom. The first kappa shape index (κ1) is 15.4. The zero-order valence-corrected chi connectivity index (χ0v) is 12.6. The summed E-state index contributed by atoms with van der Waals surface area (Å²) < 4.78 is 31.4.